The summed E-state index contributed by atoms with van der Waals surface area (Å²) in [5.41, 5.74) is 3.28. The normalized spacial score (nSPS) is 26.4. The molecule has 2 saturated heterocycles. The summed E-state index contributed by atoms with van der Waals surface area (Å²) in [4.78, 5) is 11.3. The summed E-state index contributed by atoms with van der Waals surface area (Å²) in [5.74, 6) is 0. The van der Waals surface area contributed by atoms with Crippen LogP contribution in [0.4, 0.5) is 0 Å². The molecule has 0 unspecified atom stereocenters. The van der Waals surface area contributed by atoms with Crippen molar-refractivity contribution in [2.45, 2.75) is 51.0 Å². The van der Waals surface area contributed by atoms with E-state index in [1.165, 1.54) is 6.42 Å². The van der Waals surface area contributed by atoms with E-state index in [1.807, 2.05) is 25.3 Å². The zero-order chi connectivity index (χ0) is 17.8. The van der Waals surface area contributed by atoms with Gasteiger partial charge in [-0.3, -0.25) is 14.9 Å². The monoisotopic (exact) mass is 353 g/mol. The summed E-state index contributed by atoms with van der Waals surface area (Å²) in [6, 6.07) is 10.3. The molecule has 5 nitrogen and oxygen atoms in total. The van der Waals surface area contributed by atoms with Crippen LogP contribution < -0.4 is 0 Å². The number of hydrogen-bond acceptors (Lipinski definition) is 5. The molecule has 2 aromatic heterocycles. The summed E-state index contributed by atoms with van der Waals surface area (Å²) in [7, 11) is 0. The van der Waals surface area contributed by atoms with Crippen LogP contribution in [0.25, 0.3) is 0 Å². The molecule has 138 valence electrons. The van der Waals surface area contributed by atoms with E-state index in [4.69, 9.17) is 9.47 Å². The van der Waals surface area contributed by atoms with Crippen LogP contribution >= 0.6 is 0 Å². The van der Waals surface area contributed by atoms with Gasteiger partial charge in [-0.1, -0.05) is 12.1 Å². The molecule has 2 aliphatic heterocycles. The highest BCUT2D eigenvalue weighted by atomic mass is 16.6. The Kier molecular flexibility index (Phi) is 5.29. The molecule has 5 heteroatoms. The second-order valence-corrected chi connectivity index (χ2v) is 7.58. The third-order valence-electron chi connectivity index (χ3n) is 5.33. The third kappa shape index (κ3) is 4.29. The highest BCUT2D eigenvalue weighted by Crippen LogP contribution is 2.36. The molecule has 0 saturated carbocycles. The molecule has 0 aliphatic carbocycles. The number of hydrogen-bond donors (Lipinski definition) is 0. The van der Waals surface area contributed by atoms with E-state index in [2.05, 4.69) is 33.1 Å². The highest BCUT2D eigenvalue weighted by Gasteiger charge is 2.43. The minimum absolute atomic E-state index is 0.0539. The van der Waals surface area contributed by atoms with Gasteiger partial charge in [-0.05, 0) is 50.1 Å². The van der Waals surface area contributed by atoms with Crippen LogP contribution in [0, 0.1) is 6.92 Å². The van der Waals surface area contributed by atoms with Crippen molar-refractivity contribution in [1.29, 1.82) is 0 Å². The first-order chi connectivity index (χ1) is 12.7. The molecule has 2 aliphatic rings. The molecule has 4 heterocycles. The maximum Gasteiger partial charge on any atom is 0.0841 e. The molecule has 2 atom stereocenters. The van der Waals surface area contributed by atoms with Gasteiger partial charge in [0.15, 0.2) is 0 Å². The van der Waals surface area contributed by atoms with Gasteiger partial charge in [0, 0.05) is 37.6 Å². The van der Waals surface area contributed by atoms with Gasteiger partial charge in [-0.25, -0.2) is 0 Å². The Hall–Kier alpha value is -1.82. The maximum atomic E-state index is 6.27. The second kappa shape index (κ2) is 7.82. The zero-order valence-corrected chi connectivity index (χ0v) is 15.4. The summed E-state index contributed by atoms with van der Waals surface area (Å²) in [6.07, 6.45) is 7.09. The van der Waals surface area contributed by atoms with Crippen molar-refractivity contribution in [2.24, 2.45) is 0 Å². The Bertz CT molecular complexity index is 724. The van der Waals surface area contributed by atoms with E-state index in [0.29, 0.717) is 13.2 Å². The molecule has 4 rings (SSSR count). The molecule has 0 radical (unpaired) electrons. The number of pyridine rings is 2. The number of aryl methyl sites for hydroxylation is 1. The summed E-state index contributed by atoms with van der Waals surface area (Å²) in [5, 5.41) is 0. The molecular formula is C21H27N3O2. The number of nitrogens with zero attached hydrogens (tertiary/aromatic N) is 3. The van der Waals surface area contributed by atoms with Crippen LogP contribution in [0.5, 0.6) is 0 Å². The number of aromatic nitrogens is 2. The Balaban J connectivity index is 1.32. The fourth-order valence-electron chi connectivity index (χ4n) is 4.13. The Labute approximate surface area is 155 Å². The van der Waals surface area contributed by atoms with Gasteiger partial charge < -0.3 is 9.47 Å². The molecule has 2 aromatic rings. The van der Waals surface area contributed by atoms with E-state index in [9.17, 15) is 0 Å². The van der Waals surface area contributed by atoms with Crippen LogP contribution in [0.2, 0.25) is 0 Å². The van der Waals surface area contributed by atoms with Crippen LogP contribution in [0.15, 0.2) is 42.7 Å². The van der Waals surface area contributed by atoms with E-state index >= 15 is 0 Å². The molecular weight excluding hydrogens is 326 g/mol. The summed E-state index contributed by atoms with van der Waals surface area (Å²) >= 11 is 0. The first-order valence-electron chi connectivity index (χ1n) is 9.50. The Morgan fingerprint density at radius 1 is 1.31 bits per heavy atom. The highest BCUT2D eigenvalue weighted by molar-refractivity contribution is 5.10. The predicted octanol–water partition coefficient (Wildman–Crippen LogP) is 3.13. The molecule has 0 aromatic carbocycles. The average Bonchev–Trinajstić information content (AvgIpc) is 3.03. The lowest BCUT2D eigenvalue weighted by Gasteiger charge is -2.39. The summed E-state index contributed by atoms with van der Waals surface area (Å²) in [6.45, 7) is 6.32. The SMILES string of the molecule is Cc1cccc(CN2CCC[C@]3(C[C@@H](OCc4cccnc4)CO3)C2)n1. The van der Waals surface area contributed by atoms with Gasteiger partial charge in [-0.15, -0.1) is 0 Å². The molecule has 1 spiro atoms. The van der Waals surface area contributed by atoms with E-state index in [0.717, 1.165) is 49.4 Å². The van der Waals surface area contributed by atoms with Crippen molar-refractivity contribution < 1.29 is 9.47 Å². The van der Waals surface area contributed by atoms with Crippen molar-refractivity contribution in [3.05, 3.63) is 59.7 Å². The topological polar surface area (TPSA) is 47.5 Å². The van der Waals surface area contributed by atoms with Gasteiger partial charge in [0.05, 0.1) is 30.6 Å². The number of piperidine rings is 1. The lowest BCUT2D eigenvalue weighted by atomic mass is 9.89. The third-order valence-corrected chi connectivity index (χ3v) is 5.33. The molecule has 26 heavy (non-hydrogen) atoms. The van der Waals surface area contributed by atoms with Crippen molar-refractivity contribution >= 4 is 0 Å². The van der Waals surface area contributed by atoms with Crippen molar-refractivity contribution in [2.75, 3.05) is 19.7 Å². The van der Waals surface area contributed by atoms with Crippen LogP contribution in [0.1, 0.15) is 36.2 Å². The van der Waals surface area contributed by atoms with Crippen LogP contribution in [0.3, 0.4) is 0 Å². The molecule has 0 amide bonds. The Morgan fingerprint density at radius 2 is 2.27 bits per heavy atom. The van der Waals surface area contributed by atoms with Crippen molar-refractivity contribution in [1.82, 2.24) is 14.9 Å². The van der Waals surface area contributed by atoms with Crippen LogP contribution in [-0.2, 0) is 22.6 Å². The lowest BCUT2D eigenvalue weighted by Crippen LogP contribution is -2.47. The van der Waals surface area contributed by atoms with Gasteiger partial charge in [0.2, 0.25) is 0 Å². The molecule has 0 bridgehead atoms. The lowest BCUT2D eigenvalue weighted by molar-refractivity contribution is -0.0550. The first kappa shape index (κ1) is 17.6. The smallest absolute Gasteiger partial charge is 0.0841 e. The van der Waals surface area contributed by atoms with Gasteiger partial charge >= 0.3 is 0 Å². The minimum Gasteiger partial charge on any atom is -0.371 e. The fraction of sp³-hybridized carbons (Fsp3) is 0.524. The van der Waals surface area contributed by atoms with Gasteiger partial charge in [0.25, 0.3) is 0 Å². The predicted molar refractivity (Wildman–Crippen MR) is 99.6 cm³/mol. The van der Waals surface area contributed by atoms with Crippen molar-refractivity contribution in [3.8, 4) is 0 Å². The van der Waals surface area contributed by atoms with Crippen LogP contribution in [-0.4, -0.2) is 46.3 Å². The zero-order valence-electron chi connectivity index (χ0n) is 15.4. The van der Waals surface area contributed by atoms with E-state index < -0.39 is 0 Å². The Morgan fingerprint density at radius 3 is 3.12 bits per heavy atom. The number of ether oxygens (including phenoxy) is 2. The van der Waals surface area contributed by atoms with Gasteiger partial charge in [-0.2, -0.15) is 0 Å². The van der Waals surface area contributed by atoms with Gasteiger partial charge in [0.1, 0.15) is 0 Å². The number of rotatable bonds is 5. The molecule has 0 N–H and O–H groups in total. The number of likely N-dealkylation sites (tertiary alicyclic amines) is 1. The second-order valence-electron chi connectivity index (χ2n) is 7.58. The largest absolute Gasteiger partial charge is 0.371 e. The first-order valence-corrected chi connectivity index (χ1v) is 9.50. The quantitative estimate of drug-likeness (QED) is 0.826. The fourth-order valence-corrected chi connectivity index (χ4v) is 4.13. The van der Waals surface area contributed by atoms with E-state index in [-0.39, 0.29) is 11.7 Å². The molecule has 2 fully saturated rings. The van der Waals surface area contributed by atoms with E-state index in [1.54, 1.807) is 6.20 Å². The van der Waals surface area contributed by atoms with Crippen molar-refractivity contribution in [3.63, 3.8) is 0 Å². The standard InChI is InChI=1S/C21H27N3O2/c1-17-5-2-7-19(23-17)13-24-10-4-8-21(16-24)11-20(15-26-21)25-14-18-6-3-9-22-12-18/h2-3,5-7,9,12,20H,4,8,10-11,13-16H2,1H3/t20-,21+/m1/s1. The summed E-state index contributed by atoms with van der Waals surface area (Å²) < 4.78 is 12.4. The maximum absolute atomic E-state index is 6.27. The minimum atomic E-state index is -0.0539. The average molecular weight is 353 g/mol.